The molecule has 2 aromatic heterocycles. The molecule has 1 N–H and O–H groups in total. The number of nitrogens with zero attached hydrogens (tertiary/aromatic N) is 3. The Labute approximate surface area is 128 Å². The van der Waals surface area contributed by atoms with Crippen LogP contribution in [0.1, 0.15) is 47.6 Å². The van der Waals surface area contributed by atoms with Crippen LogP contribution in [0, 0.1) is 12.3 Å². The maximum absolute atomic E-state index is 12.1. The first kappa shape index (κ1) is 14.3. The average molecular weight is 302 g/mol. The van der Waals surface area contributed by atoms with E-state index in [-0.39, 0.29) is 11.2 Å². The van der Waals surface area contributed by atoms with Crippen molar-refractivity contribution < 1.29 is 4.79 Å². The van der Waals surface area contributed by atoms with Crippen molar-refractivity contribution in [3.63, 3.8) is 0 Å². The maximum Gasteiger partial charge on any atom is 0.188 e. The third-order valence-electron chi connectivity index (χ3n) is 3.71. The van der Waals surface area contributed by atoms with E-state index in [4.69, 9.17) is 0 Å². The summed E-state index contributed by atoms with van der Waals surface area (Å²) in [7, 11) is 0. The number of hydrogen-bond donors (Lipinski definition) is 1. The van der Waals surface area contributed by atoms with Crippen LogP contribution in [-0.4, -0.2) is 25.9 Å². The third kappa shape index (κ3) is 3.00. The van der Waals surface area contributed by atoms with E-state index >= 15 is 0 Å². The predicted molar refractivity (Wildman–Crippen MR) is 81.4 cm³/mol. The highest BCUT2D eigenvalue weighted by Gasteiger charge is 2.32. The van der Waals surface area contributed by atoms with Gasteiger partial charge in [0.15, 0.2) is 10.9 Å². The Morgan fingerprint density at radius 1 is 1.33 bits per heavy atom. The third-order valence-corrected chi connectivity index (χ3v) is 4.60. The molecule has 3 rings (SSSR count). The Balaban J connectivity index is 1.80. The molecule has 1 aliphatic carbocycles. The van der Waals surface area contributed by atoms with E-state index in [0.717, 1.165) is 29.1 Å². The normalized spacial score (nSPS) is 16.8. The topological polar surface area (TPSA) is 71.5 Å². The van der Waals surface area contributed by atoms with Crippen molar-refractivity contribution >= 4 is 17.5 Å². The molecule has 0 bridgehead atoms. The first-order chi connectivity index (χ1) is 9.94. The van der Waals surface area contributed by atoms with Gasteiger partial charge in [-0.1, -0.05) is 25.6 Å². The fourth-order valence-electron chi connectivity index (χ4n) is 2.54. The van der Waals surface area contributed by atoms with Crippen molar-refractivity contribution in [1.29, 1.82) is 0 Å². The van der Waals surface area contributed by atoms with E-state index in [2.05, 4.69) is 34.0 Å². The number of aryl methyl sites for hydroxylation is 1. The number of thioether (sulfide) groups is 1. The van der Waals surface area contributed by atoms with Gasteiger partial charge in [0.05, 0.1) is 17.5 Å². The highest BCUT2D eigenvalue weighted by atomic mass is 32.2. The second-order valence-corrected chi connectivity index (χ2v) is 7.22. The number of carbonyl (C=O) groups excluding carboxylic acids is 1. The molecule has 0 radical (unpaired) electrons. The Morgan fingerprint density at radius 3 is 2.86 bits per heavy atom. The van der Waals surface area contributed by atoms with Gasteiger partial charge in [0.1, 0.15) is 0 Å². The molecule has 0 saturated carbocycles. The molecule has 0 amide bonds. The SMILES string of the molecule is Cc1cn[nH]c1CSc1ncc2c(n1)CC(C)(C)CC2=O. The van der Waals surface area contributed by atoms with Crippen molar-refractivity contribution in [2.45, 2.75) is 44.5 Å². The van der Waals surface area contributed by atoms with Crippen LogP contribution in [0.5, 0.6) is 0 Å². The standard InChI is InChI=1S/C15H18N4OS/c1-9-6-17-19-12(9)8-21-14-16-7-10-11(18-14)4-15(2,3)5-13(10)20/h6-7H,4-5,8H2,1-3H3,(H,17,19). The van der Waals surface area contributed by atoms with Gasteiger partial charge in [0.2, 0.25) is 0 Å². The summed E-state index contributed by atoms with van der Waals surface area (Å²) < 4.78 is 0. The van der Waals surface area contributed by atoms with E-state index in [9.17, 15) is 4.79 Å². The van der Waals surface area contributed by atoms with Crippen LogP contribution >= 0.6 is 11.8 Å². The Bertz CT molecular complexity index is 693. The fraction of sp³-hybridized carbons (Fsp3) is 0.467. The molecule has 2 heterocycles. The number of Topliss-reactive ketones (excluding diaryl/α,β-unsaturated/α-hetero) is 1. The van der Waals surface area contributed by atoms with Gasteiger partial charge in [0, 0.05) is 24.1 Å². The lowest BCUT2D eigenvalue weighted by molar-refractivity contribution is 0.0909. The molecule has 2 aromatic rings. The van der Waals surface area contributed by atoms with Crippen LogP contribution in [0.15, 0.2) is 17.6 Å². The first-order valence-electron chi connectivity index (χ1n) is 6.95. The summed E-state index contributed by atoms with van der Waals surface area (Å²) in [5, 5.41) is 7.70. The number of H-pyrrole nitrogens is 1. The van der Waals surface area contributed by atoms with Crippen LogP contribution < -0.4 is 0 Å². The Kier molecular flexibility index (Phi) is 3.57. The predicted octanol–water partition coefficient (Wildman–Crippen LogP) is 2.96. The molecular formula is C15H18N4OS. The second kappa shape index (κ2) is 5.26. The number of carbonyl (C=O) groups is 1. The lowest BCUT2D eigenvalue weighted by atomic mass is 9.76. The van der Waals surface area contributed by atoms with E-state index < -0.39 is 0 Å². The number of aromatic amines is 1. The molecule has 110 valence electrons. The number of nitrogens with one attached hydrogen (secondary N) is 1. The largest absolute Gasteiger partial charge is 0.294 e. The number of aromatic nitrogens is 4. The van der Waals surface area contributed by atoms with Crippen LogP contribution in [-0.2, 0) is 12.2 Å². The maximum atomic E-state index is 12.1. The molecule has 0 atom stereocenters. The lowest BCUT2D eigenvalue weighted by Gasteiger charge is -2.29. The zero-order valence-electron chi connectivity index (χ0n) is 12.4. The monoisotopic (exact) mass is 302 g/mol. The minimum absolute atomic E-state index is 0.0136. The number of fused-ring (bicyclic) bond motifs is 1. The van der Waals surface area contributed by atoms with E-state index in [0.29, 0.717) is 17.1 Å². The van der Waals surface area contributed by atoms with E-state index in [1.54, 1.807) is 18.0 Å². The van der Waals surface area contributed by atoms with Gasteiger partial charge in [-0.15, -0.1) is 0 Å². The minimum Gasteiger partial charge on any atom is -0.294 e. The molecule has 21 heavy (non-hydrogen) atoms. The van der Waals surface area contributed by atoms with Gasteiger partial charge in [0.25, 0.3) is 0 Å². The highest BCUT2D eigenvalue weighted by molar-refractivity contribution is 7.98. The van der Waals surface area contributed by atoms with Gasteiger partial charge >= 0.3 is 0 Å². The molecule has 5 nitrogen and oxygen atoms in total. The summed E-state index contributed by atoms with van der Waals surface area (Å²) in [6.45, 7) is 6.24. The van der Waals surface area contributed by atoms with Crippen molar-refractivity contribution in [3.8, 4) is 0 Å². The summed E-state index contributed by atoms with van der Waals surface area (Å²) in [4.78, 5) is 21.0. The Hall–Kier alpha value is -1.69. The van der Waals surface area contributed by atoms with Crippen LogP contribution in [0.2, 0.25) is 0 Å². The van der Waals surface area contributed by atoms with Crippen molar-refractivity contribution in [1.82, 2.24) is 20.2 Å². The summed E-state index contributed by atoms with van der Waals surface area (Å²) in [6, 6.07) is 0. The molecule has 0 unspecified atom stereocenters. The van der Waals surface area contributed by atoms with Gasteiger partial charge in [-0.25, -0.2) is 9.97 Å². The van der Waals surface area contributed by atoms with E-state index in [1.807, 2.05) is 13.1 Å². The number of ketones is 1. The van der Waals surface area contributed by atoms with Crippen LogP contribution in [0.3, 0.4) is 0 Å². The number of hydrogen-bond acceptors (Lipinski definition) is 5. The first-order valence-corrected chi connectivity index (χ1v) is 7.94. The highest BCUT2D eigenvalue weighted by Crippen LogP contribution is 2.34. The summed E-state index contributed by atoms with van der Waals surface area (Å²) in [5.74, 6) is 0.907. The summed E-state index contributed by atoms with van der Waals surface area (Å²) in [6.07, 6.45) is 4.89. The Morgan fingerprint density at radius 2 is 2.14 bits per heavy atom. The smallest absolute Gasteiger partial charge is 0.188 e. The molecule has 0 saturated heterocycles. The van der Waals surface area contributed by atoms with Gasteiger partial charge < -0.3 is 0 Å². The van der Waals surface area contributed by atoms with Gasteiger partial charge in [-0.3, -0.25) is 9.89 Å². The van der Waals surface area contributed by atoms with Crippen LogP contribution in [0.4, 0.5) is 0 Å². The van der Waals surface area contributed by atoms with Gasteiger partial charge in [-0.2, -0.15) is 5.10 Å². The zero-order chi connectivity index (χ0) is 15.0. The lowest BCUT2D eigenvalue weighted by Crippen LogP contribution is -2.28. The minimum atomic E-state index is -0.0136. The van der Waals surface area contributed by atoms with Gasteiger partial charge in [-0.05, 0) is 24.3 Å². The second-order valence-electron chi connectivity index (χ2n) is 6.27. The molecule has 0 fully saturated rings. The molecule has 0 aliphatic heterocycles. The molecule has 0 spiro atoms. The van der Waals surface area contributed by atoms with Crippen molar-refractivity contribution in [2.75, 3.05) is 0 Å². The summed E-state index contributed by atoms with van der Waals surface area (Å²) >= 11 is 1.56. The molecular weight excluding hydrogens is 284 g/mol. The van der Waals surface area contributed by atoms with Crippen molar-refractivity contribution in [2.24, 2.45) is 5.41 Å². The quantitative estimate of drug-likeness (QED) is 0.697. The summed E-state index contributed by atoms with van der Waals surface area (Å²) in [5.41, 5.74) is 3.78. The van der Waals surface area contributed by atoms with E-state index in [1.165, 1.54) is 0 Å². The van der Waals surface area contributed by atoms with Crippen molar-refractivity contribution in [3.05, 3.63) is 34.9 Å². The number of rotatable bonds is 3. The molecule has 1 aliphatic rings. The molecule has 6 heteroatoms. The zero-order valence-corrected chi connectivity index (χ0v) is 13.3. The molecule has 0 aromatic carbocycles. The average Bonchev–Trinajstić information content (AvgIpc) is 2.80. The fourth-order valence-corrected chi connectivity index (χ4v) is 3.41. The van der Waals surface area contributed by atoms with Crippen LogP contribution in [0.25, 0.3) is 0 Å².